The molecular formula is C28H31ClN6O2. The Morgan fingerprint density at radius 2 is 1.95 bits per heavy atom. The minimum absolute atomic E-state index is 0.0908. The molecule has 1 fully saturated rings. The summed E-state index contributed by atoms with van der Waals surface area (Å²) < 4.78 is 5.38. The second-order valence-corrected chi connectivity index (χ2v) is 10.4. The first-order valence-electron chi connectivity index (χ1n) is 12.3. The molecule has 2 aromatic carbocycles. The third-order valence-electron chi connectivity index (χ3n) is 6.92. The van der Waals surface area contributed by atoms with Crippen LogP contribution in [0.1, 0.15) is 32.4 Å². The van der Waals surface area contributed by atoms with Crippen LogP contribution in [0.3, 0.4) is 0 Å². The maximum atomic E-state index is 13.3. The minimum atomic E-state index is -0.417. The van der Waals surface area contributed by atoms with Gasteiger partial charge in [0, 0.05) is 35.9 Å². The highest BCUT2D eigenvalue weighted by molar-refractivity contribution is 6.30. The van der Waals surface area contributed by atoms with Gasteiger partial charge in [0.25, 0.3) is 0 Å². The summed E-state index contributed by atoms with van der Waals surface area (Å²) in [7, 11) is 1.66. The number of H-pyrrole nitrogens is 1. The van der Waals surface area contributed by atoms with Crippen LogP contribution in [0.4, 0.5) is 10.6 Å². The van der Waals surface area contributed by atoms with Gasteiger partial charge in [-0.25, -0.2) is 14.8 Å². The molecule has 1 saturated heterocycles. The monoisotopic (exact) mass is 518 g/mol. The number of hydrogen-bond donors (Lipinski definition) is 2. The molecule has 5 rings (SSSR count). The lowest BCUT2D eigenvalue weighted by Crippen LogP contribution is -2.63. The fraction of sp³-hybridized carbons (Fsp3) is 0.321. The van der Waals surface area contributed by atoms with E-state index in [1.165, 1.54) is 0 Å². The van der Waals surface area contributed by atoms with Gasteiger partial charge in [-0.15, -0.1) is 0 Å². The van der Waals surface area contributed by atoms with Crippen molar-refractivity contribution in [3.05, 3.63) is 71.5 Å². The smallest absolute Gasteiger partial charge is 0.318 e. The van der Waals surface area contributed by atoms with E-state index in [2.05, 4.69) is 45.1 Å². The number of nitrogens with zero attached hydrogens (tertiary/aromatic N) is 4. The molecule has 0 aliphatic carbocycles. The van der Waals surface area contributed by atoms with Crippen LogP contribution in [0, 0.1) is 0 Å². The first-order valence-corrected chi connectivity index (χ1v) is 12.7. The topological polar surface area (TPSA) is 86.4 Å². The lowest BCUT2D eigenvalue weighted by Gasteiger charge is -2.47. The Morgan fingerprint density at radius 1 is 1.14 bits per heavy atom. The zero-order chi connectivity index (χ0) is 26.2. The molecule has 2 aromatic heterocycles. The van der Waals surface area contributed by atoms with Crippen LogP contribution in [0.25, 0.3) is 22.3 Å². The number of hydrogen-bond acceptors (Lipinski definition) is 5. The Kier molecular flexibility index (Phi) is 6.69. The number of amides is 2. The average molecular weight is 519 g/mol. The molecule has 0 radical (unpaired) electrons. The highest BCUT2D eigenvalue weighted by atomic mass is 35.5. The number of carbonyl (C=O) groups excluding carboxylic acids is 1. The summed E-state index contributed by atoms with van der Waals surface area (Å²) in [5, 5.41) is 4.74. The summed E-state index contributed by atoms with van der Waals surface area (Å²) in [6, 6.07) is 17.3. The summed E-state index contributed by atoms with van der Waals surface area (Å²) in [5.41, 5.74) is 3.29. The summed E-state index contributed by atoms with van der Waals surface area (Å²) in [5.74, 6) is 1.65. The normalized spacial score (nSPS) is 16.0. The van der Waals surface area contributed by atoms with Crippen molar-refractivity contribution in [2.75, 3.05) is 31.6 Å². The predicted octanol–water partition coefficient (Wildman–Crippen LogP) is 5.66. The molecule has 0 bridgehead atoms. The van der Waals surface area contributed by atoms with Gasteiger partial charge in [-0.2, -0.15) is 0 Å². The Balaban J connectivity index is 1.35. The number of urea groups is 1. The Morgan fingerprint density at radius 3 is 2.70 bits per heavy atom. The number of nitrogens with one attached hydrogen (secondary N) is 2. The van der Waals surface area contributed by atoms with Gasteiger partial charge in [0.2, 0.25) is 0 Å². The minimum Gasteiger partial charge on any atom is -0.497 e. The Hall–Kier alpha value is -3.78. The van der Waals surface area contributed by atoms with Gasteiger partial charge in [0.1, 0.15) is 23.5 Å². The zero-order valence-electron chi connectivity index (χ0n) is 21.5. The van der Waals surface area contributed by atoms with E-state index in [1.807, 2.05) is 60.4 Å². The van der Waals surface area contributed by atoms with Crippen LogP contribution in [-0.2, 0) is 0 Å². The van der Waals surface area contributed by atoms with Gasteiger partial charge in [-0.05, 0) is 56.7 Å². The molecule has 4 aromatic rings. The number of halogens is 1. The molecule has 37 heavy (non-hydrogen) atoms. The average Bonchev–Trinajstić information content (AvgIpc) is 3.32. The highest BCUT2D eigenvalue weighted by Gasteiger charge is 2.38. The van der Waals surface area contributed by atoms with Crippen molar-refractivity contribution in [2.45, 2.75) is 32.4 Å². The fourth-order valence-electron chi connectivity index (χ4n) is 4.96. The van der Waals surface area contributed by atoms with E-state index in [4.69, 9.17) is 16.3 Å². The Labute approximate surface area is 221 Å². The summed E-state index contributed by atoms with van der Waals surface area (Å²) in [6.07, 6.45) is 1.59. The molecule has 1 aliphatic heterocycles. The number of carbonyl (C=O) groups is 1. The van der Waals surface area contributed by atoms with Crippen LogP contribution in [0.15, 0.2) is 60.9 Å². The van der Waals surface area contributed by atoms with Gasteiger partial charge in [0.05, 0.1) is 24.1 Å². The fourth-order valence-corrected chi connectivity index (χ4v) is 5.16. The molecule has 0 unspecified atom stereocenters. The molecule has 3 heterocycles. The van der Waals surface area contributed by atoms with Gasteiger partial charge >= 0.3 is 6.03 Å². The van der Waals surface area contributed by atoms with E-state index in [0.717, 1.165) is 39.4 Å². The summed E-state index contributed by atoms with van der Waals surface area (Å²) >= 11 is 6.14. The van der Waals surface area contributed by atoms with Crippen LogP contribution in [0.2, 0.25) is 5.02 Å². The van der Waals surface area contributed by atoms with Crippen molar-refractivity contribution in [1.29, 1.82) is 0 Å². The number of piperazine rings is 1. The quantitative estimate of drug-likeness (QED) is 0.356. The van der Waals surface area contributed by atoms with Gasteiger partial charge in [0.15, 0.2) is 0 Å². The molecule has 1 aliphatic rings. The third kappa shape index (κ3) is 5.06. The van der Waals surface area contributed by atoms with E-state index in [-0.39, 0.29) is 12.1 Å². The number of aromatic amines is 1. The molecule has 2 amide bonds. The predicted molar refractivity (Wildman–Crippen MR) is 147 cm³/mol. The molecular weight excluding hydrogens is 488 g/mol. The summed E-state index contributed by atoms with van der Waals surface area (Å²) in [6.45, 7) is 8.00. The van der Waals surface area contributed by atoms with E-state index < -0.39 is 5.54 Å². The second kappa shape index (κ2) is 9.94. The van der Waals surface area contributed by atoms with Crippen LogP contribution < -0.4 is 15.0 Å². The Bertz CT molecular complexity index is 1440. The lowest BCUT2D eigenvalue weighted by atomic mass is 9.98. The molecule has 9 heteroatoms. The second-order valence-electron chi connectivity index (χ2n) is 9.99. The number of rotatable bonds is 5. The number of ether oxygens (including phenoxy) is 1. The highest BCUT2D eigenvalue weighted by Crippen LogP contribution is 2.33. The van der Waals surface area contributed by atoms with Crippen molar-refractivity contribution in [1.82, 2.24) is 25.2 Å². The maximum Gasteiger partial charge on any atom is 0.318 e. The maximum absolute atomic E-state index is 13.3. The molecule has 192 valence electrons. The van der Waals surface area contributed by atoms with Crippen LogP contribution in [0.5, 0.6) is 5.75 Å². The molecule has 8 nitrogen and oxygen atoms in total. The van der Waals surface area contributed by atoms with Crippen LogP contribution in [-0.4, -0.2) is 58.2 Å². The zero-order valence-corrected chi connectivity index (χ0v) is 22.2. The van der Waals surface area contributed by atoms with Gasteiger partial charge in [-0.1, -0.05) is 35.9 Å². The van der Waals surface area contributed by atoms with E-state index in [0.29, 0.717) is 24.7 Å². The molecule has 0 saturated carbocycles. The molecule has 2 N–H and O–H groups in total. The van der Waals surface area contributed by atoms with E-state index in [9.17, 15) is 4.79 Å². The summed E-state index contributed by atoms with van der Waals surface area (Å²) in [4.78, 5) is 29.9. The number of methoxy groups -OCH3 is 1. The molecule has 0 spiro atoms. The van der Waals surface area contributed by atoms with Crippen molar-refractivity contribution in [3.63, 3.8) is 0 Å². The van der Waals surface area contributed by atoms with Crippen molar-refractivity contribution < 1.29 is 9.53 Å². The number of aromatic nitrogens is 3. The number of anilines is 1. The third-order valence-corrected chi connectivity index (χ3v) is 7.16. The van der Waals surface area contributed by atoms with Gasteiger partial charge in [-0.3, -0.25) is 0 Å². The van der Waals surface area contributed by atoms with Crippen molar-refractivity contribution in [3.8, 4) is 17.0 Å². The van der Waals surface area contributed by atoms with Crippen molar-refractivity contribution in [2.24, 2.45) is 0 Å². The number of benzene rings is 2. The van der Waals surface area contributed by atoms with Gasteiger partial charge < -0.3 is 24.8 Å². The van der Waals surface area contributed by atoms with E-state index >= 15 is 0 Å². The standard InChI is InChI=1S/C28H31ClN6O2/c1-18(19-7-5-9-21(29)13-19)32-27(36)35-12-11-34(16-28(35,2)3)26-23-15-24(33-25(23)30-17-31-26)20-8-6-10-22(14-20)37-4/h5-10,13-15,17-18H,11-12,16H2,1-4H3,(H,32,36)(H,30,31,33)/t18-/m0/s1. The first kappa shape index (κ1) is 24.9. The largest absolute Gasteiger partial charge is 0.497 e. The first-order chi connectivity index (χ1) is 17.7. The SMILES string of the molecule is COc1cccc(-c2cc3c(N4CCN(C(=O)N[C@@H](C)c5cccc(Cl)c5)C(C)(C)C4)ncnc3[nH]2)c1. The number of fused-ring (bicyclic) bond motifs is 1. The van der Waals surface area contributed by atoms with Crippen molar-refractivity contribution >= 4 is 34.5 Å². The lowest BCUT2D eigenvalue weighted by molar-refractivity contribution is 0.121. The van der Waals surface area contributed by atoms with Crippen LogP contribution >= 0.6 is 11.6 Å². The van der Waals surface area contributed by atoms with E-state index in [1.54, 1.807) is 13.4 Å². The molecule has 1 atom stereocenters.